The first-order valence-electron chi connectivity index (χ1n) is 13.4. The third kappa shape index (κ3) is 7.24. The molecule has 2 N–H and O–H groups in total. The van der Waals surface area contributed by atoms with Crippen LogP contribution in [-0.4, -0.2) is 23.9 Å². The number of benzene rings is 5. The molecule has 0 heterocycles. The summed E-state index contributed by atoms with van der Waals surface area (Å²) in [5.41, 5.74) is 2.60. The monoisotopic (exact) mass is 634 g/mol. The van der Waals surface area contributed by atoms with E-state index in [2.05, 4.69) is 9.44 Å². The van der Waals surface area contributed by atoms with Crippen LogP contribution in [0.15, 0.2) is 125 Å². The highest BCUT2D eigenvalue weighted by atomic mass is 32.2. The van der Waals surface area contributed by atoms with E-state index >= 15 is 0 Å². The van der Waals surface area contributed by atoms with Gasteiger partial charge in [0.05, 0.1) is 23.4 Å². The van der Waals surface area contributed by atoms with Gasteiger partial charge in [0.25, 0.3) is 20.0 Å². The molecule has 0 saturated carbocycles. The molecule has 0 bridgehead atoms. The molecule has 226 valence electrons. The fraction of sp³-hybridized carbons (Fsp3) is 0.0909. The first-order chi connectivity index (χ1) is 21.0. The maximum atomic E-state index is 14.8. The molecule has 7 nitrogen and oxygen atoms in total. The average molecular weight is 635 g/mol. The number of halogens is 2. The summed E-state index contributed by atoms with van der Waals surface area (Å²) in [7, 11) is -7.80. The molecule has 44 heavy (non-hydrogen) atoms. The lowest BCUT2D eigenvalue weighted by atomic mass is 10.0. The van der Waals surface area contributed by atoms with Crippen LogP contribution >= 0.6 is 0 Å². The molecule has 0 aliphatic rings. The molecule has 0 aromatic heterocycles. The van der Waals surface area contributed by atoms with Crippen LogP contribution in [0.3, 0.4) is 0 Å². The SMILES string of the molecule is COc1ccc(S(=O)(=O)Nc2cc(Cc3ccccc3)ccc2F)cc1S(=O)(=O)Nc1cc(Cc2ccccc2)ccc1F. The van der Waals surface area contributed by atoms with Crippen molar-refractivity contribution in [3.8, 4) is 5.75 Å². The number of hydrogen-bond donors (Lipinski definition) is 2. The van der Waals surface area contributed by atoms with Crippen molar-refractivity contribution < 1.29 is 30.4 Å². The van der Waals surface area contributed by atoms with E-state index in [9.17, 15) is 25.6 Å². The van der Waals surface area contributed by atoms with Crippen molar-refractivity contribution >= 4 is 31.4 Å². The second-order valence-electron chi connectivity index (χ2n) is 9.98. The summed E-state index contributed by atoms with van der Waals surface area (Å²) < 4.78 is 92.7. The number of sulfonamides is 2. The van der Waals surface area contributed by atoms with E-state index in [4.69, 9.17) is 4.74 Å². The number of anilines is 2. The molecule has 0 saturated heterocycles. The van der Waals surface area contributed by atoms with E-state index in [0.717, 1.165) is 41.5 Å². The van der Waals surface area contributed by atoms with Crippen molar-refractivity contribution in [1.82, 2.24) is 0 Å². The summed E-state index contributed by atoms with van der Waals surface area (Å²) in [6.07, 6.45) is 0.872. The van der Waals surface area contributed by atoms with Crippen LogP contribution in [-0.2, 0) is 32.9 Å². The highest BCUT2D eigenvalue weighted by molar-refractivity contribution is 7.93. The summed E-state index contributed by atoms with van der Waals surface area (Å²) in [5.74, 6) is -1.80. The molecule has 0 aliphatic heterocycles. The Kier molecular flexibility index (Phi) is 8.98. The van der Waals surface area contributed by atoms with Crippen molar-refractivity contribution in [2.75, 3.05) is 16.6 Å². The third-order valence-electron chi connectivity index (χ3n) is 6.79. The maximum Gasteiger partial charge on any atom is 0.265 e. The Morgan fingerprint density at radius 3 is 1.52 bits per heavy atom. The summed E-state index contributed by atoms with van der Waals surface area (Å²) in [6, 6.07) is 30.1. The van der Waals surface area contributed by atoms with Gasteiger partial charge in [-0.2, -0.15) is 0 Å². The normalized spacial score (nSPS) is 11.6. The van der Waals surface area contributed by atoms with Gasteiger partial charge in [-0.1, -0.05) is 72.8 Å². The van der Waals surface area contributed by atoms with Gasteiger partial charge in [0.15, 0.2) is 0 Å². The number of methoxy groups -OCH3 is 1. The molecule has 5 aromatic rings. The quantitative estimate of drug-likeness (QED) is 0.167. The van der Waals surface area contributed by atoms with E-state index < -0.39 is 41.5 Å². The lowest BCUT2D eigenvalue weighted by molar-refractivity contribution is 0.402. The van der Waals surface area contributed by atoms with E-state index in [1.54, 1.807) is 12.1 Å². The fourth-order valence-corrected chi connectivity index (χ4v) is 7.03. The molecular weight excluding hydrogens is 607 g/mol. The molecule has 11 heteroatoms. The molecule has 0 spiro atoms. The van der Waals surface area contributed by atoms with Gasteiger partial charge < -0.3 is 4.74 Å². The Balaban J connectivity index is 1.42. The smallest absolute Gasteiger partial charge is 0.265 e. The first kappa shape index (κ1) is 30.7. The molecule has 0 aliphatic carbocycles. The maximum absolute atomic E-state index is 14.8. The van der Waals surface area contributed by atoms with Crippen molar-refractivity contribution in [2.24, 2.45) is 0 Å². The number of ether oxygens (including phenoxy) is 1. The Morgan fingerprint density at radius 1 is 0.568 bits per heavy atom. The van der Waals surface area contributed by atoms with Crippen LogP contribution in [0.2, 0.25) is 0 Å². The van der Waals surface area contributed by atoms with Gasteiger partial charge in [-0.25, -0.2) is 25.6 Å². The van der Waals surface area contributed by atoms with Gasteiger partial charge in [-0.3, -0.25) is 9.44 Å². The van der Waals surface area contributed by atoms with Crippen molar-refractivity contribution in [1.29, 1.82) is 0 Å². The van der Waals surface area contributed by atoms with E-state index in [1.807, 2.05) is 60.7 Å². The van der Waals surface area contributed by atoms with E-state index in [1.165, 1.54) is 19.2 Å². The van der Waals surface area contributed by atoms with Crippen molar-refractivity contribution in [2.45, 2.75) is 22.6 Å². The van der Waals surface area contributed by atoms with E-state index in [-0.39, 0.29) is 17.1 Å². The predicted octanol–water partition coefficient (Wildman–Crippen LogP) is 6.76. The average Bonchev–Trinajstić information content (AvgIpc) is 3.01. The van der Waals surface area contributed by atoms with Gasteiger partial charge in [0.2, 0.25) is 0 Å². The zero-order valence-corrected chi connectivity index (χ0v) is 25.1. The zero-order chi connectivity index (χ0) is 31.3. The standard InChI is InChI=1S/C33H28F2N2O5S2/c1-42-32-17-14-27(43(38,39)36-30-20-25(12-15-28(30)34)18-23-8-4-2-5-9-23)22-33(32)44(40,41)37-31-21-26(13-16-29(31)35)19-24-10-6-3-7-11-24/h2-17,20-22,36-37H,18-19H2,1H3. The van der Waals surface area contributed by atoms with Crippen LogP contribution < -0.4 is 14.2 Å². The van der Waals surface area contributed by atoms with Gasteiger partial charge in [0, 0.05) is 0 Å². The Bertz CT molecular complexity index is 2010. The Morgan fingerprint density at radius 2 is 1.05 bits per heavy atom. The highest BCUT2D eigenvalue weighted by Crippen LogP contribution is 2.31. The molecule has 0 radical (unpaired) electrons. The Labute approximate surface area is 255 Å². The minimum Gasteiger partial charge on any atom is -0.495 e. The molecular formula is C33H28F2N2O5S2. The van der Waals surface area contributed by atoms with Crippen LogP contribution in [0.4, 0.5) is 20.2 Å². The molecule has 0 fully saturated rings. The highest BCUT2D eigenvalue weighted by Gasteiger charge is 2.26. The van der Waals surface area contributed by atoms with Crippen LogP contribution in [0.25, 0.3) is 0 Å². The summed E-state index contributed by atoms with van der Waals surface area (Å²) in [4.78, 5) is -1.01. The van der Waals surface area contributed by atoms with E-state index in [0.29, 0.717) is 24.0 Å². The number of rotatable bonds is 11. The zero-order valence-electron chi connectivity index (χ0n) is 23.5. The lowest BCUT2D eigenvalue weighted by Gasteiger charge is -2.15. The van der Waals surface area contributed by atoms with Gasteiger partial charge >= 0.3 is 0 Å². The largest absolute Gasteiger partial charge is 0.495 e. The minimum absolute atomic E-state index is 0.173. The van der Waals surface area contributed by atoms with Gasteiger partial charge in [-0.15, -0.1) is 0 Å². The topological polar surface area (TPSA) is 102 Å². The molecule has 0 amide bonds. The first-order valence-corrected chi connectivity index (χ1v) is 16.4. The van der Waals surface area contributed by atoms with Crippen LogP contribution in [0, 0.1) is 11.6 Å². The second-order valence-corrected chi connectivity index (χ2v) is 13.3. The number of nitrogens with one attached hydrogen (secondary N) is 2. The van der Waals surface area contributed by atoms with Gasteiger partial charge in [0.1, 0.15) is 22.3 Å². The minimum atomic E-state index is -4.55. The summed E-state index contributed by atoms with van der Waals surface area (Å²) >= 11 is 0. The molecule has 0 unspecified atom stereocenters. The van der Waals surface area contributed by atoms with Crippen molar-refractivity contribution in [3.63, 3.8) is 0 Å². The summed E-state index contributed by atoms with van der Waals surface area (Å²) in [6.45, 7) is 0. The van der Waals surface area contributed by atoms with Gasteiger partial charge in [-0.05, 0) is 77.6 Å². The Hall–Kier alpha value is -4.74. The van der Waals surface area contributed by atoms with Crippen LogP contribution in [0.5, 0.6) is 5.75 Å². The fourth-order valence-electron chi connectivity index (χ4n) is 4.62. The predicted molar refractivity (Wildman–Crippen MR) is 166 cm³/mol. The number of hydrogen-bond acceptors (Lipinski definition) is 5. The molecule has 5 rings (SSSR count). The summed E-state index contributed by atoms with van der Waals surface area (Å²) in [5, 5.41) is 0. The molecule has 0 atom stereocenters. The third-order valence-corrected chi connectivity index (χ3v) is 9.54. The molecule has 5 aromatic carbocycles. The lowest BCUT2D eigenvalue weighted by Crippen LogP contribution is -2.18. The van der Waals surface area contributed by atoms with Crippen molar-refractivity contribution in [3.05, 3.63) is 149 Å². The second kappa shape index (κ2) is 12.9. The van der Waals surface area contributed by atoms with Crippen LogP contribution in [0.1, 0.15) is 22.3 Å².